The van der Waals surface area contributed by atoms with Crippen molar-refractivity contribution in [2.45, 2.75) is 6.18 Å². The molecule has 0 aliphatic heterocycles. The molecule has 0 aliphatic carbocycles. The van der Waals surface area contributed by atoms with Crippen LogP contribution in [0.4, 0.5) is 13.2 Å². The molecule has 2 aromatic heterocycles. The Morgan fingerprint density at radius 1 is 0.957 bits per heavy atom. The summed E-state index contributed by atoms with van der Waals surface area (Å²) in [5.74, 6) is 0.521. The standard InChI is InChI=1S/C16H11F3N4/c1-22-13-7-6-10(16(17,18)19)8-12(13)21-15(22)23-9-20-11-4-2-3-5-14(11)23/h2-9H,1H3. The van der Waals surface area contributed by atoms with E-state index in [1.165, 1.54) is 6.07 Å². The number of aryl methyl sites for hydroxylation is 1. The molecule has 0 fully saturated rings. The Morgan fingerprint density at radius 2 is 1.74 bits per heavy atom. The van der Waals surface area contributed by atoms with Gasteiger partial charge in [-0.1, -0.05) is 12.1 Å². The highest BCUT2D eigenvalue weighted by Gasteiger charge is 2.31. The van der Waals surface area contributed by atoms with Gasteiger partial charge in [0.15, 0.2) is 0 Å². The van der Waals surface area contributed by atoms with Crippen molar-refractivity contribution in [3.8, 4) is 5.95 Å². The van der Waals surface area contributed by atoms with Crippen molar-refractivity contribution in [1.29, 1.82) is 0 Å². The van der Waals surface area contributed by atoms with Crippen molar-refractivity contribution in [2.24, 2.45) is 7.05 Å². The van der Waals surface area contributed by atoms with Gasteiger partial charge < -0.3 is 4.57 Å². The normalized spacial score (nSPS) is 12.3. The maximum absolute atomic E-state index is 12.9. The number of hydrogen-bond donors (Lipinski definition) is 0. The van der Waals surface area contributed by atoms with E-state index in [1.54, 1.807) is 22.5 Å². The first-order valence-electron chi connectivity index (χ1n) is 6.91. The highest BCUT2D eigenvalue weighted by Crippen LogP contribution is 2.32. The lowest BCUT2D eigenvalue weighted by Gasteiger charge is -2.06. The van der Waals surface area contributed by atoms with Gasteiger partial charge in [-0.05, 0) is 30.3 Å². The number of para-hydroxylation sites is 2. The molecule has 0 radical (unpaired) electrons. The van der Waals surface area contributed by atoms with Crippen molar-refractivity contribution in [3.63, 3.8) is 0 Å². The molecule has 0 unspecified atom stereocenters. The molecular formula is C16H11F3N4. The number of benzene rings is 2. The molecule has 2 heterocycles. The minimum absolute atomic E-state index is 0.301. The fourth-order valence-corrected chi connectivity index (χ4v) is 2.70. The molecule has 2 aromatic carbocycles. The summed E-state index contributed by atoms with van der Waals surface area (Å²) in [5, 5.41) is 0. The monoisotopic (exact) mass is 316 g/mol. The molecule has 4 nitrogen and oxygen atoms in total. The number of aromatic nitrogens is 4. The summed E-state index contributed by atoms with van der Waals surface area (Å²) in [5.41, 5.74) is 1.88. The maximum Gasteiger partial charge on any atom is 0.416 e. The third-order valence-corrected chi connectivity index (χ3v) is 3.85. The number of fused-ring (bicyclic) bond motifs is 2. The summed E-state index contributed by atoms with van der Waals surface area (Å²) in [4.78, 5) is 8.66. The lowest BCUT2D eigenvalue weighted by atomic mass is 10.2. The average molecular weight is 316 g/mol. The molecule has 4 aromatic rings. The van der Waals surface area contributed by atoms with Crippen LogP contribution in [0.3, 0.4) is 0 Å². The fourth-order valence-electron chi connectivity index (χ4n) is 2.70. The summed E-state index contributed by atoms with van der Waals surface area (Å²) in [7, 11) is 1.77. The molecule has 0 aliphatic rings. The molecule has 0 saturated carbocycles. The lowest BCUT2D eigenvalue weighted by molar-refractivity contribution is -0.137. The average Bonchev–Trinajstić information content (AvgIpc) is 3.07. The second-order valence-electron chi connectivity index (χ2n) is 5.28. The Morgan fingerprint density at radius 3 is 2.52 bits per heavy atom. The van der Waals surface area contributed by atoms with Gasteiger partial charge in [0.1, 0.15) is 6.33 Å². The molecule has 0 atom stereocenters. The zero-order valence-corrected chi connectivity index (χ0v) is 12.0. The van der Waals surface area contributed by atoms with Crippen molar-refractivity contribution >= 4 is 22.1 Å². The summed E-state index contributed by atoms with van der Waals surface area (Å²) in [6.45, 7) is 0. The lowest BCUT2D eigenvalue weighted by Crippen LogP contribution is -2.04. The zero-order chi connectivity index (χ0) is 16.2. The molecule has 0 N–H and O–H groups in total. The second kappa shape index (κ2) is 4.58. The zero-order valence-electron chi connectivity index (χ0n) is 12.0. The summed E-state index contributed by atoms with van der Waals surface area (Å²) < 4.78 is 42.1. The van der Waals surface area contributed by atoms with Crippen LogP contribution in [0.5, 0.6) is 0 Å². The number of hydrogen-bond acceptors (Lipinski definition) is 2. The van der Waals surface area contributed by atoms with Gasteiger partial charge in [0.25, 0.3) is 0 Å². The third-order valence-electron chi connectivity index (χ3n) is 3.85. The second-order valence-corrected chi connectivity index (χ2v) is 5.28. The largest absolute Gasteiger partial charge is 0.416 e. The quantitative estimate of drug-likeness (QED) is 0.533. The smallest absolute Gasteiger partial charge is 0.313 e. The van der Waals surface area contributed by atoms with Crippen LogP contribution in [-0.4, -0.2) is 19.1 Å². The Labute approximate surface area is 128 Å². The first kappa shape index (κ1) is 13.8. The van der Waals surface area contributed by atoms with Gasteiger partial charge in [0.2, 0.25) is 5.95 Å². The first-order valence-corrected chi connectivity index (χ1v) is 6.91. The van der Waals surface area contributed by atoms with Crippen molar-refractivity contribution in [2.75, 3.05) is 0 Å². The Bertz CT molecular complexity index is 1030. The van der Waals surface area contributed by atoms with Gasteiger partial charge in [-0.15, -0.1) is 0 Å². The minimum atomic E-state index is -4.38. The van der Waals surface area contributed by atoms with Crippen LogP contribution in [0.2, 0.25) is 0 Å². The van der Waals surface area contributed by atoms with Gasteiger partial charge in [0.05, 0.1) is 27.6 Å². The van der Waals surface area contributed by atoms with Gasteiger partial charge in [-0.2, -0.15) is 13.2 Å². The van der Waals surface area contributed by atoms with E-state index in [1.807, 2.05) is 24.3 Å². The molecule has 7 heteroatoms. The van der Waals surface area contributed by atoms with E-state index in [2.05, 4.69) is 9.97 Å². The minimum Gasteiger partial charge on any atom is -0.313 e. The van der Waals surface area contributed by atoms with Crippen LogP contribution in [-0.2, 0) is 13.2 Å². The van der Waals surface area contributed by atoms with Crippen molar-refractivity contribution in [1.82, 2.24) is 19.1 Å². The summed E-state index contributed by atoms with van der Waals surface area (Å²) in [6.07, 6.45) is -2.76. The van der Waals surface area contributed by atoms with Crippen LogP contribution < -0.4 is 0 Å². The van der Waals surface area contributed by atoms with Crippen LogP contribution in [0.15, 0.2) is 48.8 Å². The van der Waals surface area contributed by atoms with Crippen LogP contribution in [0, 0.1) is 0 Å². The van der Waals surface area contributed by atoms with Crippen LogP contribution in [0.1, 0.15) is 5.56 Å². The maximum atomic E-state index is 12.9. The van der Waals surface area contributed by atoms with E-state index < -0.39 is 11.7 Å². The molecule has 116 valence electrons. The van der Waals surface area contributed by atoms with Gasteiger partial charge in [0, 0.05) is 7.05 Å². The van der Waals surface area contributed by atoms with Gasteiger partial charge in [-0.25, -0.2) is 9.97 Å². The van der Waals surface area contributed by atoms with E-state index >= 15 is 0 Å². The van der Waals surface area contributed by atoms with Crippen molar-refractivity contribution < 1.29 is 13.2 Å². The molecule has 0 bridgehead atoms. The number of halogens is 3. The van der Waals surface area contributed by atoms with Crippen molar-refractivity contribution in [3.05, 3.63) is 54.4 Å². The third kappa shape index (κ3) is 2.08. The van der Waals surface area contributed by atoms with E-state index in [-0.39, 0.29) is 0 Å². The number of nitrogens with zero attached hydrogens (tertiary/aromatic N) is 4. The van der Waals surface area contributed by atoms with E-state index in [9.17, 15) is 13.2 Å². The van der Waals surface area contributed by atoms with Gasteiger partial charge in [-0.3, -0.25) is 4.57 Å². The van der Waals surface area contributed by atoms with Crippen LogP contribution >= 0.6 is 0 Å². The predicted octanol–water partition coefficient (Wildman–Crippen LogP) is 3.93. The Balaban J connectivity index is 1.96. The molecule has 0 spiro atoms. The Kier molecular flexibility index (Phi) is 2.75. The molecular weight excluding hydrogens is 305 g/mol. The summed E-state index contributed by atoms with van der Waals surface area (Å²) >= 11 is 0. The number of imidazole rings is 2. The fraction of sp³-hybridized carbons (Fsp3) is 0.125. The van der Waals surface area contributed by atoms with E-state index in [4.69, 9.17) is 0 Å². The van der Waals surface area contributed by atoms with E-state index in [0.29, 0.717) is 17.0 Å². The Hall–Kier alpha value is -2.83. The molecule has 23 heavy (non-hydrogen) atoms. The highest BCUT2D eigenvalue weighted by molar-refractivity contribution is 5.81. The molecule has 0 saturated heterocycles. The molecule has 0 amide bonds. The van der Waals surface area contributed by atoms with E-state index in [0.717, 1.165) is 23.2 Å². The number of alkyl halides is 3. The predicted molar refractivity (Wildman–Crippen MR) is 80.3 cm³/mol. The van der Waals surface area contributed by atoms with Gasteiger partial charge >= 0.3 is 6.18 Å². The first-order chi connectivity index (χ1) is 10.9. The SMILES string of the molecule is Cn1c(-n2cnc3ccccc32)nc2cc(C(F)(F)F)ccc21. The van der Waals surface area contributed by atoms with Crippen LogP contribution in [0.25, 0.3) is 28.0 Å². The summed E-state index contributed by atoms with van der Waals surface area (Å²) in [6, 6.07) is 11.1. The number of rotatable bonds is 1. The topological polar surface area (TPSA) is 35.6 Å². The molecule has 4 rings (SSSR count). The highest BCUT2D eigenvalue weighted by atomic mass is 19.4.